The fraction of sp³-hybridized carbons (Fsp3) is 0.611. The molecule has 1 saturated carbocycles. The second-order valence-corrected chi connectivity index (χ2v) is 7.13. The van der Waals surface area contributed by atoms with Gasteiger partial charge < -0.3 is 9.84 Å². The predicted molar refractivity (Wildman–Crippen MR) is 92.9 cm³/mol. The Bertz CT molecular complexity index is 682. The van der Waals surface area contributed by atoms with Crippen LogP contribution in [-0.2, 0) is 11.3 Å². The summed E-state index contributed by atoms with van der Waals surface area (Å²) in [6, 6.07) is 4.16. The molecule has 2 aliphatic rings. The van der Waals surface area contributed by atoms with Crippen molar-refractivity contribution in [1.29, 1.82) is 0 Å². The van der Waals surface area contributed by atoms with Crippen molar-refractivity contribution < 1.29 is 9.32 Å². The lowest BCUT2D eigenvalue weighted by Crippen LogP contribution is -2.35. The van der Waals surface area contributed by atoms with Gasteiger partial charge in [-0.25, -0.2) is 4.68 Å². The third kappa shape index (κ3) is 3.76. The molecule has 0 atom stereocenters. The maximum absolute atomic E-state index is 12.4. The van der Waals surface area contributed by atoms with Gasteiger partial charge in [-0.15, -0.1) is 0 Å². The summed E-state index contributed by atoms with van der Waals surface area (Å²) < 4.78 is 6.90. The summed E-state index contributed by atoms with van der Waals surface area (Å²) in [5.74, 6) is 1.17. The first-order valence-electron chi connectivity index (χ1n) is 9.25. The lowest BCUT2D eigenvalue weighted by Gasteiger charge is -2.32. The molecule has 0 unspecified atom stereocenters. The van der Waals surface area contributed by atoms with E-state index in [1.807, 2.05) is 16.8 Å². The minimum absolute atomic E-state index is 0.155. The second-order valence-electron chi connectivity index (χ2n) is 7.13. The Morgan fingerprint density at radius 1 is 1.20 bits per heavy atom. The molecule has 1 amide bonds. The van der Waals surface area contributed by atoms with E-state index in [1.165, 1.54) is 12.8 Å². The van der Waals surface area contributed by atoms with Gasteiger partial charge in [-0.3, -0.25) is 9.69 Å². The Labute approximate surface area is 147 Å². The van der Waals surface area contributed by atoms with Crippen molar-refractivity contribution in [3.8, 4) is 0 Å². The number of amides is 1. The molecule has 7 heteroatoms. The van der Waals surface area contributed by atoms with Crippen molar-refractivity contribution in [2.75, 3.05) is 18.4 Å². The molecule has 134 valence electrons. The molecule has 4 rings (SSSR count). The Balaban J connectivity index is 1.34. The molecule has 2 aromatic heterocycles. The normalized spacial score (nSPS) is 20.2. The van der Waals surface area contributed by atoms with Crippen molar-refractivity contribution >= 4 is 11.7 Å². The topological polar surface area (TPSA) is 76.2 Å². The quantitative estimate of drug-likeness (QED) is 0.903. The van der Waals surface area contributed by atoms with Crippen molar-refractivity contribution in [1.82, 2.24) is 19.8 Å². The summed E-state index contributed by atoms with van der Waals surface area (Å²) in [6.45, 7) is 2.81. The number of nitrogens with one attached hydrogen (secondary N) is 1. The van der Waals surface area contributed by atoms with Gasteiger partial charge in [0.25, 0.3) is 0 Å². The first-order chi connectivity index (χ1) is 12.3. The van der Waals surface area contributed by atoms with Crippen LogP contribution in [0.5, 0.6) is 0 Å². The van der Waals surface area contributed by atoms with Crippen LogP contribution in [0.3, 0.4) is 0 Å². The monoisotopic (exact) mass is 343 g/mol. The van der Waals surface area contributed by atoms with E-state index in [-0.39, 0.29) is 11.8 Å². The Morgan fingerprint density at radius 2 is 2.00 bits per heavy atom. The molecular weight excluding hydrogens is 318 g/mol. The molecule has 1 aliphatic heterocycles. The van der Waals surface area contributed by atoms with E-state index in [0.29, 0.717) is 6.04 Å². The zero-order valence-corrected chi connectivity index (χ0v) is 14.4. The maximum Gasteiger partial charge on any atom is 0.228 e. The Morgan fingerprint density at radius 3 is 2.72 bits per heavy atom. The number of hydrogen-bond acceptors (Lipinski definition) is 5. The smallest absolute Gasteiger partial charge is 0.228 e. The van der Waals surface area contributed by atoms with Crippen LogP contribution >= 0.6 is 0 Å². The van der Waals surface area contributed by atoms with Crippen LogP contribution in [-0.4, -0.2) is 38.8 Å². The van der Waals surface area contributed by atoms with E-state index >= 15 is 0 Å². The number of piperidine rings is 1. The number of likely N-dealkylation sites (tertiary alicyclic amines) is 1. The van der Waals surface area contributed by atoms with E-state index in [0.717, 1.165) is 56.8 Å². The first kappa shape index (κ1) is 16.3. The summed E-state index contributed by atoms with van der Waals surface area (Å²) in [6.07, 6.45) is 9.80. The highest BCUT2D eigenvalue weighted by Crippen LogP contribution is 2.28. The van der Waals surface area contributed by atoms with Gasteiger partial charge in [0, 0.05) is 37.7 Å². The van der Waals surface area contributed by atoms with Gasteiger partial charge in [-0.1, -0.05) is 18.0 Å². The predicted octanol–water partition coefficient (Wildman–Crippen LogP) is 2.84. The number of anilines is 1. The lowest BCUT2D eigenvalue weighted by molar-refractivity contribution is -0.119. The summed E-state index contributed by atoms with van der Waals surface area (Å²) in [5, 5.41) is 11.6. The van der Waals surface area contributed by atoms with E-state index in [9.17, 15) is 4.79 Å². The zero-order chi connectivity index (χ0) is 17.1. The van der Waals surface area contributed by atoms with Crippen LogP contribution in [0, 0.1) is 5.92 Å². The third-order valence-electron chi connectivity index (χ3n) is 5.43. The summed E-state index contributed by atoms with van der Waals surface area (Å²) in [7, 11) is 0. The number of nitrogens with zero attached hydrogens (tertiary/aromatic N) is 4. The van der Waals surface area contributed by atoms with Gasteiger partial charge in [0.2, 0.25) is 5.91 Å². The van der Waals surface area contributed by atoms with Gasteiger partial charge in [0.1, 0.15) is 12.1 Å². The highest BCUT2D eigenvalue weighted by molar-refractivity contribution is 5.91. The molecule has 0 radical (unpaired) electrons. The van der Waals surface area contributed by atoms with Crippen LogP contribution in [0.15, 0.2) is 29.1 Å². The van der Waals surface area contributed by atoms with E-state index in [2.05, 4.69) is 20.5 Å². The number of carbonyl (C=O) groups is 1. The first-order valence-corrected chi connectivity index (χ1v) is 9.25. The minimum Gasteiger partial charge on any atom is -0.364 e. The Kier molecular flexibility index (Phi) is 4.83. The highest BCUT2D eigenvalue weighted by atomic mass is 16.5. The van der Waals surface area contributed by atoms with E-state index in [1.54, 1.807) is 12.5 Å². The lowest BCUT2D eigenvalue weighted by atomic mass is 10.0. The van der Waals surface area contributed by atoms with Gasteiger partial charge in [-0.05, 0) is 25.7 Å². The van der Waals surface area contributed by atoms with Crippen LogP contribution in [0.2, 0.25) is 0 Å². The highest BCUT2D eigenvalue weighted by Gasteiger charge is 2.26. The minimum atomic E-state index is 0.155. The average molecular weight is 343 g/mol. The van der Waals surface area contributed by atoms with E-state index < -0.39 is 0 Å². The standard InChI is InChI=1S/C18H25N5O2/c24-18(14-3-1-2-4-14)20-17-5-9-19-23(17)16-6-10-22(11-7-16)13-15-8-12-25-21-15/h5,8-9,12,14,16H,1-4,6-7,10-11,13H2,(H,20,24). The molecule has 7 nitrogen and oxygen atoms in total. The molecule has 25 heavy (non-hydrogen) atoms. The molecular formula is C18H25N5O2. The van der Waals surface area contributed by atoms with Gasteiger partial charge in [-0.2, -0.15) is 5.10 Å². The van der Waals surface area contributed by atoms with Crippen LogP contribution in [0.4, 0.5) is 5.82 Å². The Hall–Kier alpha value is -2.15. The molecule has 0 bridgehead atoms. The maximum atomic E-state index is 12.4. The molecule has 2 aromatic rings. The second kappa shape index (κ2) is 7.39. The zero-order valence-electron chi connectivity index (χ0n) is 14.4. The van der Waals surface area contributed by atoms with Gasteiger partial charge >= 0.3 is 0 Å². The van der Waals surface area contributed by atoms with Gasteiger partial charge in [0.15, 0.2) is 0 Å². The number of hydrogen-bond donors (Lipinski definition) is 1. The largest absolute Gasteiger partial charge is 0.364 e. The molecule has 0 aromatic carbocycles. The SMILES string of the molecule is O=C(Nc1ccnn1C1CCN(Cc2ccon2)CC1)C1CCCC1. The van der Waals surface area contributed by atoms with Crippen LogP contribution in [0.1, 0.15) is 50.3 Å². The fourth-order valence-corrected chi connectivity index (χ4v) is 3.99. The number of aromatic nitrogens is 3. The van der Waals surface area contributed by atoms with Crippen molar-refractivity contribution in [2.45, 2.75) is 51.1 Å². The molecule has 1 N–H and O–H groups in total. The fourth-order valence-electron chi connectivity index (χ4n) is 3.99. The molecule has 2 fully saturated rings. The number of carbonyl (C=O) groups excluding carboxylic acids is 1. The molecule has 3 heterocycles. The molecule has 0 spiro atoms. The summed E-state index contributed by atoms with van der Waals surface area (Å²) in [5.41, 5.74) is 0.974. The number of rotatable bonds is 5. The van der Waals surface area contributed by atoms with Crippen molar-refractivity contribution in [2.24, 2.45) is 5.92 Å². The summed E-state index contributed by atoms with van der Waals surface area (Å²) in [4.78, 5) is 14.8. The third-order valence-corrected chi connectivity index (χ3v) is 5.43. The van der Waals surface area contributed by atoms with Crippen molar-refractivity contribution in [3.05, 3.63) is 30.3 Å². The van der Waals surface area contributed by atoms with Crippen LogP contribution < -0.4 is 5.32 Å². The molecule has 1 saturated heterocycles. The van der Waals surface area contributed by atoms with E-state index in [4.69, 9.17) is 4.52 Å². The molecule has 1 aliphatic carbocycles. The van der Waals surface area contributed by atoms with Crippen LogP contribution in [0.25, 0.3) is 0 Å². The van der Waals surface area contributed by atoms with Crippen molar-refractivity contribution in [3.63, 3.8) is 0 Å². The summed E-state index contributed by atoms with van der Waals surface area (Å²) >= 11 is 0. The average Bonchev–Trinajstić information content (AvgIpc) is 3.38. The van der Waals surface area contributed by atoms with Gasteiger partial charge in [0.05, 0.1) is 17.9 Å².